The van der Waals surface area contributed by atoms with Crippen LogP contribution in [0.2, 0.25) is 0 Å². The topological polar surface area (TPSA) is 71.3 Å². The van der Waals surface area contributed by atoms with E-state index in [1.807, 2.05) is 42.5 Å². The molecule has 26 heavy (non-hydrogen) atoms. The number of furan rings is 1. The first-order valence-corrected chi connectivity index (χ1v) is 8.40. The third-order valence-electron chi connectivity index (χ3n) is 4.01. The molecule has 0 aliphatic heterocycles. The zero-order valence-corrected chi connectivity index (χ0v) is 14.4. The molecular weight excluding hydrogens is 328 g/mol. The summed E-state index contributed by atoms with van der Waals surface area (Å²) in [5.74, 6) is 0.106. The summed E-state index contributed by atoms with van der Waals surface area (Å²) in [6.45, 7) is 1.94. The Bertz CT molecular complexity index is 856. The van der Waals surface area contributed by atoms with Gasteiger partial charge < -0.3 is 15.1 Å². The van der Waals surface area contributed by atoms with Crippen LogP contribution in [-0.4, -0.2) is 17.9 Å². The second kappa shape index (κ2) is 8.16. The van der Waals surface area contributed by atoms with Crippen molar-refractivity contribution < 1.29 is 14.0 Å². The fraction of sp³-hybridized carbons (Fsp3) is 0.143. The maximum Gasteiger partial charge on any atom is 0.251 e. The van der Waals surface area contributed by atoms with E-state index in [2.05, 4.69) is 10.6 Å². The van der Waals surface area contributed by atoms with Crippen molar-refractivity contribution in [3.05, 3.63) is 84.3 Å². The Labute approximate surface area is 152 Å². The van der Waals surface area contributed by atoms with Gasteiger partial charge in [-0.1, -0.05) is 42.5 Å². The van der Waals surface area contributed by atoms with Gasteiger partial charge in [0.05, 0.1) is 12.8 Å². The molecule has 0 bridgehead atoms. The van der Waals surface area contributed by atoms with E-state index in [1.165, 1.54) is 0 Å². The van der Waals surface area contributed by atoms with Crippen molar-refractivity contribution >= 4 is 11.8 Å². The number of carbonyl (C=O) groups is 2. The predicted molar refractivity (Wildman–Crippen MR) is 99.4 cm³/mol. The molecule has 0 aliphatic carbocycles. The molecule has 0 aliphatic rings. The van der Waals surface area contributed by atoms with Gasteiger partial charge in [-0.3, -0.25) is 9.59 Å². The molecule has 2 N–H and O–H groups in total. The first-order chi connectivity index (χ1) is 12.6. The normalized spacial score (nSPS) is 11.6. The molecule has 3 aromatic rings. The molecule has 1 aromatic heterocycles. The fourth-order valence-corrected chi connectivity index (χ4v) is 2.53. The van der Waals surface area contributed by atoms with Gasteiger partial charge in [0.15, 0.2) is 0 Å². The van der Waals surface area contributed by atoms with E-state index in [0.29, 0.717) is 11.3 Å². The summed E-state index contributed by atoms with van der Waals surface area (Å²) in [6, 6.07) is 20.1. The Kier molecular flexibility index (Phi) is 5.49. The number of carbonyl (C=O) groups excluding carboxylic acids is 2. The molecule has 1 atom stereocenters. The number of rotatable bonds is 6. The lowest BCUT2D eigenvalue weighted by Crippen LogP contribution is -2.44. The monoisotopic (exact) mass is 348 g/mol. The van der Waals surface area contributed by atoms with Gasteiger partial charge in [0.1, 0.15) is 11.8 Å². The van der Waals surface area contributed by atoms with Crippen LogP contribution in [0.3, 0.4) is 0 Å². The molecular formula is C21H20N2O3. The highest BCUT2D eigenvalue weighted by Crippen LogP contribution is 2.19. The first-order valence-electron chi connectivity index (χ1n) is 8.40. The minimum Gasteiger partial charge on any atom is -0.467 e. The molecule has 2 aromatic carbocycles. The van der Waals surface area contributed by atoms with Gasteiger partial charge in [0.25, 0.3) is 5.91 Å². The largest absolute Gasteiger partial charge is 0.467 e. The van der Waals surface area contributed by atoms with E-state index >= 15 is 0 Å². The molecule has 0 saturated heterocycles. The van der Waals surface area contributed by atoms with Crippen molar-refractivity contribution in [3.63, 3.8) is 0 Å². The molecule has 0 unspecified atom stereocenters. The fourth-order valence-electron chi connectivity index (χ4n) is 2.53. The highest BCUT2D eigenvalue weighted by atomic mass is 16.3. The average molecular weight is 348 g/mol. The second-order valence-corrected chi connectivity index (χ2v) is 5.94. The number of amides is 2. The maximum absolute atomic E-state index is 12.3. The van der Waals surface area contributed by atoms with E-state index < -0.39 is 6.04 Å². The smallest absolute Gasteiger partial charge is 0.251 e. The van der Waals surface area contributed by atoms with Crippen LogP contribution in [0, 0.1) is 0 Å². The van der Waals surface area contributed by atoms with Gasteiger partial charge in [-0.15, -0.1) is 0 Å². The minimum atomic E-state index is -0.647. The Morgan fingerprint density at radius 1 is 0.923 bits per heavy atom. The molecule has 2 amide bonds. The van der Waals surface area contributed by atoms with Crippen molar-refractivity contribution in [1.82, 2.24) is 10.6 Å². The summed E-state index contributed by atoms with van der Waals surface area (Å²) >= 11 is 0. The number of benzene rings is 2. The summed E-state index contributed by atoms with van der Waals surface area (Å²) in [7, 11) is 0. The number of nitrogens with one attached hydrogen (secondary N) is 2. The van der Waals surface area contributed by atoms with Crippen LogP contribution in [0.15, 0.2) is 77.4 Å². The molecule has 5 nitrogen and oxygen atoms in total. The van der Waals surface area contributed by atoms with E-state index in [9.17, 15) is 9.59 Å². The second-order valence-electron chi connectivity index (χ2n) is 5.94. The molecule has 0 fully saturated rings. The lowest BCUT2D eigenvalue weighted by Gasteiger charge is -2.14. The average Bonchev–Trinajstić information content (AvgIpc) is 3.20. The van der Waals surface area contributed by atoms with Crippen LogP contribution >= 0.6 is 0 Å². The quantitative estimate of drug-likeness (QED) is 0.717. The van der Waals surface area contributed by atoms with Gasteiger partial charge in [0, 0.05) is 5.56 Å². The van der Waals surface area contributed by atoms with Crippen LogP contribution in [0.5, 0.6) is 0 Å². The number of hydrogen-bond acceptors (Lipinski definition) is 3. The standard InChI is InChI=1S/C21H20N2O3/c1-15(20(24)22-14-19-8-5-13-26-19)23-21(25)18-11-9-17(10-12-18)16-6-3-2-4-7-16/h2-13,15H,14H2,1H3,(H,22,24)(H,23,25)/t15-/m0/s1. The van der Waals surface area contributed by atoms with Gasteiger partial charge in [0.2, 0.25) is 5.91 Å². The minimum absolute atomic E-state index is 0.268. The molecule has 0 spiro atoms. The molecule has 0 radical (unpaired) electrons. The van der Waals surface area contributed by atoms with Crippen molar-refractivity contribution in [2.24, 2.45) is 0 Å². The van der Waals surface area contributed by atoms with Crippen LogP contribution in [0.1, 0.15) is 23.0 Å². The third-order valence-corrected chi connectivity index (χ3v) is 4.01. The van der Waals surface area contributed by atoms with Gasteiger partial charge in [-0.25, -0.2) is 0 Å². The van der Waals surface area contributed by atoms with E-state index in [0.717, 1.165) is 11.1 Å². The molecule has 3 rings (SSSR count). The first kappa shape index (κ1) is 17.5. The molecule has 1 heterocycles. The maximum atomic E-state index is 12.3. The van der Waals surface area contributed by atoms with Crippen molar-refractivity contribution in [2.75, 3.05) is 0 Å². The summed E-state index contributed by atoms with van der Waals surface area (Å²) in [5.41, 5.74) is 2.63. The Hall–Kier alpha value is -3.34. The van der Waals surface area contributed by atoms with Gasteiger partial charge in [-0.05, 0) is 42.3 Å². The van der Waals surface area contributed by atoms with Crippen LogP contribution in [0.4, 0.5) is 0 Å². The van der Waals surface area contributed by atoms with E-state index in [4.69, 9.17) is 4.42 Å². The van der Waals surface area contributed by atoms with Crippen molar-refractivity contribution in [1.29, 1.82) is 0 Å². The summed E-state index contributed by atoms with van der Waals surface area (Å²) in [5, 5.41) is 5.43. The summed E-state index contributed by atoms with van der Waals surface area (Å²) in [6.07, 6.45) is 1.55. The van der Waals surface area contributed by atoms with Gasteiger partial charge in [-0.2, -0.15) is 0 Å². The highest BCUT2D eigenvalue weighted by Gasteiger charge is 2.16. The predicted octanol–water partition coefficient (Wildman–Crippen LogP) is 3.38. The van der Waals surface area contributed by atoms with E-state index in [1.54, 1.807) is 37.5 Å². The molecule has 5 heteroatoms. The Balaban J connectivity index is 1.56. The zero-order valence-electron chi connectivity index (χ0n) is 14.4. The summed E-state index contributed by atoms with van der Waals surface area (Å²) < 4.78 is 5.16. The van der Waals surface area contributed by atoms with Crippen molar-refractivity contribution in [3.8, 4) is 11.1 Å². The van der Waals surface area contributed by atoms with Crippen LogP contribution in [0.25, 0.3) is 11.1 Å². The lowest BCUT2D eigenvalue weighted by molar-refractivity contribution is -0.122. The Morgan fingerprint density at radius 3 is 2.27 bits per heavy atom. The zero-order chi connectivity index (χ0) is 18.4. The van der Waals surface area contributed by atoms with Crippen molar-refractivity contribution in [2.45, 2.75) is 19.5 Å². The lowest BCUT2D eigenvalue weighted by atomic mass is 10.0. The highest BCUT2D eigenvalue weighted by molar-refractivity contribution is 5.97. The van der Waals surface area contributed by atoms with Crippen LogP contribution < -0.4 is 10.6 Å². The van der Waals surface area contributed by atoms with Crippen LogP contribution in [-0.2, 0) is 11.3 Å². The molecule has 132 valence electrons. The molecule has 0 saturated carbocycles. The summed E-state index contributed by atoms with van der Waals surface area (Å²) in [4.78, 5) is 24.4. The third kappa shape index (κ3) is 4.39. The Morgan fingerprint density at radius 2 is 1.62 bits per heavy atom. The van der Waals surface area contributed by atoms with E-state index in [-0.39, 0.29) is 18.4 Å². The van der Waals surface area contributed by atoms with Gasteiger partial charge >= 0.3 is 0 Å². The number of hydrogen-bond donors (Lipinski definition) is 2. The SMILES string of the molecule is C[C@H](NC(=O)c1ccc(-c2ccccc2)cc1)C(=O)NCc1ccco1.